The second-order valence-electron chi connectivity index (χ2n) is 4.73. The van der Waals surface area contributed by atoms with E-state index >= 15 is 0 Å². The molecule has 1 rings (SSSR count). The predicted molar refractivity (Wildman–Crippen MR) is 71.8 cm³/mol. The lowest BCUT2D eigenvalue weighted by atomic mass is 10.0. The van der Waals surface area contributed by atoms with Gasteiger partial charge in [-0.25, -0.2) is 0 Å². The third-order valence-corrected chi connectivity index (χ3v) is 3.10. The van der Waals surface area contributed by atoms with Crippen molar-refractivity contribution >= 4 is 5.91 Å². The summed E-state index contributed by atoms with van der Waals surface area (Å²) < 4.78 is 0. The Bertz CT molecular complexity index is 360. The maximum Gasteiger partial charge on any atom is 0.223 e. The number of aryl methyl sites for hydroxylation is 2. The van der Waals surface area contributed by atoms with Gasteiger partial charge >= 0.3 is 0 Å². The van der Waals surface area contributed by atoms with Crippen molar-refractivity contribution in [3.05, 3.63) is 34.9 Å². The van der Waals surface area contributed by atoms with Crippen LogP contribution >= 0.6 is 0 Å². The highest BCUT2D eigenvalue weighted by Crippen LogP contribution is 2.10. The van der Waals surface area contributed by atoms with E-state index in [4.69, 9.17) is 0 Å². The minimum Gasteiger partial charge on any atom is -0.352 e. The van der Waals surface area contributed by atoms with E-state index in [1.165, 1.54) is 16.7 Å². The fraction of sp³-hybridized carbons (Fsp3) is 0.533. The molecular formula is C15H23NO. The van der Waals surface area contributed by atoms with Gasteiger partial charge in [-0.2, -0.15) is 0 Å². The van der Waals surface area contributed by atoms with Crippen LogP contribution in [0.4, 0.5) is 0 Å². The first-order valence-corrected chi connectivity index (χ1v) is 6.41. The zero-order valence-electron chi connectivity index (χ0n) is 11.3. The highest BCUT2D eigenvalue weighted by Gasteiger charge is 2.13. The first kappa shape index (κ1) is 13.8. The molecule has 0 aliphatic heterocycles. The first-order valence-electron chi connectivity index (χ1n) is 6.41. The molecule has 2 heteroatoms. The molecule has 0 aliphatic carbocycles. The molecule has 0 heterocycles. The molecule has 17 heavy (non-hydrogen) atoms. The zero-order valence-corrected chi connectivity index (χ0v) is 11.3. The average Bonchev–Trinajstić information content (AvgIpc) is 2.27. The minimum absolute atomic E-state index is 0.154. The summed E-state index contributed by atoms with van der Waals surface area (Å²) in [4.78, 5) is 11.8. The lowest BCUT2D eigenvalue weighted by Gasteiger charge is -2.13. The third-order valence-electron chi connectivity index (χ3n) is 3.10. The van der Waals surface area contributed by atoms with Crippen LogP contribution in [-0.4, -0.2) is 5.91 Å². The SMILES string of the molecule is CCC(CC)C(=O)NCc1cc(C)cc(C)c1. The maximum absolute atomic E-state index is 11.8. The Balaban J connectivity index is 2.58. The van der Waals surface area contributed by atoms with Crippen molar-refractivity contribution in [3.63, 3.8) is 0 Å². The largest absolute Gasteiger partial charge is 0.352 e. The Kier molecular flexibility index (Phi) is 5.20. The van der Waals surface area contributed by atoms with Gasteiger partial charge in [0, 0.05) is 12.5 Å². The molecule has 0 aromatic heterocycles. The maximum atomic E-state index is 11.8. The normalized spacial score (nSPS) is 10.6. The number of hydrogen-bond donors (Lipinski definition) is 1. The number of carbonyl (C=O) groups excluding carboxylic acids is 1. The van der Waals surface area contributed by atoms with Gasteiger partial charge in [0.25, 0.3) is 0 Å². The summed E-state index contributed by atoms with van der Waals surface area (Å²) in [5, 5.41) is 3.02. The first-order chi connectivity index (χ1) is 8.06. The van der Waals surface area contributed by atoms with Crippen LogP contribution in [0.1, 0.15) is 43.4 Å². The highest BCUT2D eigenvalue weighted by molar-refractivity contribution is 5.78. The van der Waals surface area contributed by atoms with Gasteiger partial charge in [0.15, 0.2) is 0 Å². The van der Waals surface area contributed by atoms with Gasteiger partial charge in [0.1, 0.15) is 0 Å². The monoisotopic (exact) mass is 233 g/mol. The average molecular weight is 233 g/mol. The van der Waals surface area contributed by atoms with E-state index in [0.29, 0.717) is 6.54 Å². The molecule has 0 unspecified atom stereocenters. The smallest absolute Gasteiger partial charge is 0.223 e. The summed E-state index contributed by atoms with van der Waals surface area (Å²) in [6, 6.07) is 6.40. The summed E-state index contributed by atoms with van der Waals surface area (Å²) >= 11 is 0. The van der Waals surface area contributed by atoms with Crippen molar-refractivity contribution in [2.45, 2.75) is 47.1 Å². The van der Waals surface area contributed by atoms with Crippen LogP contribution in [0.2, 0.25) is 0 Å². The van der Waals surface area contributed by atoms with Crippen molar-refractivity contribution in [2.75, 3.05) is 0 Å². The van der Waals surface area contributed by atoms with Crippen LogP contribution in [0.25, 0.3) is 0 Å². The number of rotatable bonds is 5. The summed E-state index contributed by atoms with van der Waals surface area (Å²) in [6.45, 7) is 8.92. The molecule has 1 aromatic rings. The summed E-state index contributed by atoms with van der Waals surface area (Å²) in [5.41, 5.74) is 3.68. The molecule has 0 saturated carbocycles. The van der Waals surface area contributed by atoms with Crippen molar-refractivity contribution in [1.29, 1.82) is 0 Å². The van der Waals surface area contributed by atoms with E-state index in [0.717, 1.165) is 12.8 Å². The van der Waals surface area contributed by atoms with Crippen LogP contribution in [0.5, 0.6) is 0 Å². The Morgan fingerprint density at radius 2 is 1.65 bits per heavy atom. The number of nitrogens with one attached hydrogen (secondary N) is 1. The Morgan fingerprint density at radius 1 is 1.12 bits per heavy atom. The van der Waals surface area contributed by atoms with Crippen molar-refractivity contribution < 1.29 is 4.79 Å². The third kappa shape index (κ3) is 4.22. The van der Waals surface area contributed by atoms with E-state index in [9.17, 15) is 4.79 Å². The highest BCUT2D eigenvalue weighted by atomic mass is 16.1. The Morgan fingerprint density at radius 3 is 2.12 bits per heavy atom. The van der Waals surface area contributed by atoms with Crippen molar-refractivity contribution in [3.8, 4) is 0 Å². The lowest BCUT2D eigenvalue weighted by Crippen LogP contribution is -2.29. The molecule has 0 spiro atoms. The van der Waals surface area contributed by atoms with Crippen molar-refractivity contribution in [2.24, 2.45) is 5.92 Å². The second-order valence-corrected chi connectivity index (χ2v) is 4.73. The molecule has 0 radical (unpaired) electrons. The van der Waals surface area contributed by atoms with E-state index in [1.807, 2.05) is 0 Å². The summed E-state index contributed by atoms with van der Waals surface area (Å²) in [5.74, 6) is 0.329. The topological polar surface area (TPSA) is 29.1 Å². The number of carbonyl (C=O) groups is 1. The molecule has 0 bridgehead atoms. The van der Waals surface area contributed by atoms with E-state index in [2.05, 4.69) is 51.2 Å². The molecule has 1 amide bonds. The zero-order chi connectivity index (χ0) is 12.8. The van der Waals surface area contributed by atoms with Gasteiger partial charge in [-0.1, -0.05) is 43.2 Å². The Labute approximate surface area is 104 Å². The molecule has 0 fully saturated rings. The number of benzene rings is 1. The van der Waals surface area contributed by atoms with Gasteiger partial charge in [-0.3, -0.25) is 4.79 Å². The Hall–Kier alpha value is -1.31. The molecule has 0 saturated heterocycles. The molecule has 0 atom stereocenters. The molecule has 1 aromatic carbocycles. The van der Waals surface area contributed by atoms with Gasteiger partial charge in [-0.15, -0.1) is 0 Å². The number of hydrogen-bond acceptors (Lipinski definition) is 1. The van der Waals surface area contributed by atoms with Crippen LogP contribution in [-0.2, 0) is 11.3 Å². The molecule has 1 N–H and O–H groups in total. The summed E-state index contributed by atoms with van der Waals surface area (Å²) in [7, 11) is 0. The van der Waals surface area contributed by atoms with Crippen molar-refractivity contribution in [1.82, 2.24) is 5.32 Å². The molecule has 0 aliphatic rings. The molecular weight excluding hydrogens is 210 g/mol. The van der Waals surface area contributed by atoms with E-state index in [1.54, 1.807) is 0 Å². The van der Waals surface area contributed by atoms with Crippen LogP contribution < -0.4 is 5.32 Å². The minimum atomic E-state index is 0.154. The van der Waals surface area contributed by atoms with Crippen LogP contribution in [0.15, 0.2) is 18.2 Å². The van der Waals surface area contributed by atoms with E-state index in [-0.39, 0.29) is 11.8 Å². The number of amides is 1. The van der Waals surface area contributed by atoms with Crippen LogP contribution in [0.3, 0.4) is 0 Å². The second kappa shape index (κ2) is 6.43. The molecule has 2 nitrogen and oxygen atoms in total. The predicted octanol–water partition coefficient (Wildman–Crippen LogP) is 3.36. The van der Waals surface area contributed by atoms with Gasteiger partial charge < -0.3 is 5.32 Å². The fourth-order valence-electron chi connectivity index (χ4n) is 2.16. The summed E-state index contributed by atoms with van der Waals surface area (Å²) in [6.07, 6.45) is 1.82. The quantitative estimate of drug-likeness (QED) is 0.830. The van der Waals surface area contributed by atoms with Gasteiger partial charge in [-0.05, 0) is 32.3 Å². The molecule has 94 valence electrons. The standard InChI is InChI=1S/C15H23NO/c1-5-14(6-2)15(17)16-10-13-8-11(3)7-12(4)9-13/h7-9,14H,5-6,10H2,1-4H3,(H,16,17). The van der Waals surface area contributed by atoms with E-state index < -0.39 is 0 Å². The van der Waals surface area contributed by atoms with Crippen LogP contribution in [0, 0.1) is 19.8 Å². The van der Waals surface area contributed by atoms with Gasteiger partial charge in [0.2, 0.25) is 5.91 Å². The van der Waals surface area contributed by atoms with Gasteiger partial charge in [0.05, 0.1) is 0 Å². The lowest BCUT2D eigenvalue weighted by molar-refractivity contribution is -0.125. The fourth-order valence-corrected chi connectivity index (χ4v) is 2.16.